The lowest BCUT2D eigenvalue weighted by atomic mass is 9.91. The Morgan fingerprint density at radius 2 is 1.78 bits per heavy atom. The van der Waals surface area contributed by atoms with Gasteiger partial charge in [-0.15, -0.1) is 0 Å². The van der Waals surface area contributed by atoms with Crippen molar-refractivity contribution in [1.82, 2.24) is 4.90 Å². The molecule has 142 valence electrons. The van der Waals surface area contributed by atoms with Crippen LogP contribution in [0.15, 0.2) is 60.2 Å². The van der Waals surface area contributed by atoms with Gasteiger partial charge in [-0.2, -0.15) is 0 Å². The number of nitrogens with zero attached hydrogens (tertiary/aromatic N) is 1. The second-order valence-electron chi connectivity index (χ2n) is 7.40. The van der Waals surface area contributed by atoms with E-state index in [1.165, 1.54) is 11.1 Å². The Hall–Kier alpha value is -2.39. The first-order valence-corrected chi connectivity index (χ1v) is 9.84. The van der Waals surface area contributed by atoms with Gasteiger partial charge in [-0.25, -0.2) is 4.79 Å². The van der Waals surface area contributed by atoms with E-state index in [-0.39, 0.29) is 5.97 Å². The summed E-state index contributed by atoms with van der Waals surface area (Å²) in [5.41, 5.74) is 5.66. The summed E-state index contributed by atoms with van der Waals surface area (Å²) in [6.07, 6.45) is 0.863. The molecule has 3 rings (SSSR count). The van der Waals surface area contributed by atoms with Crippen molar-refractivity contribution < 1.29 is 9.53 Å². The minimum atomic E-state index is -0.182. The molecule has 1 aliphatic rings. The zero-order valence-electron chi connectivity index (χ0n) is 16.6. The molecule has 0 fully saturated rings. The summed E-state index contributed by atoms with van der Waals surface area (Å²) in [6, 6.07) is 19.1. The Labute approximate surface area is 162 Å². The molecule has 2 aromatic rings. The van der Waals surface area contributed by atoms with Crippen molar-refractivity contribution in [2.45, 2.75) is 39.7 Å². The number of benzene rings is 2. The molecule has 0 N–H and O–H groups in total. The third-order valence-electron chi connectivity index (χ3n) is 5.12. The quantitative estimate of drug-likeness (QED) is 0.674. The predicted molar refractivity (Wildman–Crippen MR) is 110 cm³/mol. The molecule has 0 unspecified atom stereocenters. The van der Waals surface area contributed by atoms with E-state index in [4.69, 9.17) is 4.74 Å². The fraction of sp³-hybridized carbons (Fsp3) is 0.375. The van der Waals surface area contributed by atoms with Crippen LogP contribution in [0.3, 0.4) is 0 Å². The summed E-state index contributed by atoms with van der Waals surface area (Å²) in [4.78, 5) is 15.0. The van der Waals surface area contributed by atoms with Crippen molar-refractivity contribution in [3.63, 3.8) is 0 Å². The highest BCUT2D eigenvalue weighted by Crippen LogP contribution is 2.30. The number of esters is 1. The van der Waals surface area contributed by atoms with Crippen molar-refractivity contribution in [3.05, 3.63) is 76.9 Å². The van der Waals surface area contributed by atoms with Crippen LogP contribution in [0.2, 0.25) is 0 Å². The molecule has 3 nitrogen and oxygen atoms in total. The van der Waals surface area contributed by atoms with Gasteiger partial charge in [0, 0.05) is 19.6 Å². The van der Waals surface area contributed by atoms with Crippen molar-refractivity contribution >= 4 is 11.5 Å². The number of hydrogen-bond donors (Lipinski definition) is 0. The standard InChI is InChI=1S/C24H29NO2/c1-4-27-24(26)23-17-25(16-19-8-6-5-7-9-19)15-14-22(23)21-12-10-20(11-13-21)18(2)3/h5-13,18H,4,14-17H2,1-3H3. The minimum absolute atomic E-state index is 0.182. The molecule has 0 aliphatic carbocycles. The highest BCUT2D eigenvalue weighted by atomic mass is 16.5. The first kappa shape index (κ1) is 19.4. The van der Waals surface area contributed by atoms with Crippen molar-refractivity contribution in [1.29, 1.82) is 0 Å². The highest BCUT2D eigenvalue weighted by Gasteiger charge is 2.25. The van der Waals surface area contributed by atoms with Gasteiger partial charge in [0.2, 0.25) is 0 Å². The molecule has 0 bridgehead atoms. The molecule has 0 aromatic heterocycles. The maximum absolute atomic E-state index is 12.6. The van der Waals surface area contributed by atoms with Gasteiger partial charge >= 0.3 is 5.97 Å². The third kappa shape index (κ3) is 4.86. The second kappa shape index (κ2) is 9.01. The van der Waals surface area contributed by atoms with E-state index in [1.807, 2.05) is 13.0 Å². The zero-order chi connectivity index (χ0) is 19.2. The fourth-order valence-electron chi connectivity index (χ4n) is 3.59. The number of carbonyl (C=O) groups excluding carboxylic acids is 1. The van der Waals surface area contributed by atoms with E-state index in [9.17, 15) is 4.79 Å². The van der Waals surface area contributed by atoms with Gasteiger partial charge in [-0.3, -0.25) is 4.90 Å². The molecule has 1 aliphatic heterocycles. The topological polar surface area (TPSA) is 29.5 Å². The van der Waals surface area contributed by atoms with Gasteiger partial charge in [0.05, 0.1) is 12.2 Å². The lowest BCUT2D eigenvalue weighted by Gasteiger charge is -2.30. The molecular weight excluding hydrogens is 334 g/mol. The van der Waals surface area contributed by atoms with Gasteiger partial charge in [0.25, 0.3) is 0 Å². The Balaban J connectivity index is 1.86. The summed E-state index contributed by atoms with van der Waals surface area (Å²) >= 11 is 0. The lowest BCUT2D eigenvalue weighted by Crippen LogP contribution is -2.34. The van der Waals surface area contributed by atoms with Gasteiger partial charge < -0.3 is 4.74 Å². The molecular formula is C24H29NO2. The van der Waals surface area contributed by atoms with E-state index < -0.39 is 0 Å². The molecule has 0 spiro atoms. The summed E-state index contributed by atoms with van der Waals surface area (Å²) in [5, 5.41) is 0. The second-order valence-corrected chi connectivity index (χ2v) is 7.40. The number of carbonyl (C=O) groups is 1. The summed E-state index contributed by atoms with van der Waals surface area (Å²) in [7, 11) is 0. The molecule has 0 amide bonds. The lowest BCUT2D eigenvalue weighted by molar-refractivity contribution is -0.138. The Morgan fingerprint density at radius 3 is 2.41 bits per heavy atom. The molecule has 0 atom stereocenters. The van der Waals surface area contributed by atoms with Crippen molar-refractivity contribution in [2.24, 2.45) is 0 Å². The van der Waals surface area contributed by atoms with E-state index in [2.05, 4.69) is 67.3 Å². The molecule has 0 saturated carbocycles. The van der Waals surface area contributed by atoms with Crippen LogP contribution in [0.1, 0.15) is 49.8 Å². The number of rotatable bonds is 6. The first-order chi connectivity index (χ1) is 13.1. The van der Waals surface area contributed by atoms with Crippen LogP contribution < -0.4 is 0 Å². The van der Waals surface area contributed by atoms with Gasteiger partial charge in [-0.05, 0) is 41.5 Å². The van der Waals surface area contributed by atoms with Gasteiger partial charge in [-0.1, -0.05) is 68.4 Å². The zero-order valence-corrected chi connectivity index (χ0v) is 16.6. The molecule has 1 heterocycles. The molecule has 0 radical (unpaired) electrons. The summed E-state index contributed by atoms with van der Waals surface area (Å²) < 4.78 is 5.37. The monoisotopic (exact) mass is 363 g/mol. The van der Waals surface area contributed by atoms with Crippen LogP contribution >= 0.6 is 0 Å². The predicted octanol–water partition coefficient (Wildman–Crippen LogP) is 5.03. The maximum atomic E-state index is 12.6. The smallest absolute Gasteiger partial charge is 0.335 e. The normalized spacial score (nSPS) is 15.3. The van der Waals surface area contributed by atoms with Crippen LogP contribution in [-0.2, 0) is 16.1 Å². The molecule has 0 saturated heterocycles. The average molecular weight is 364 g/mol. The molecule has 2 aromatic carbocycles. The summed E-state index contributed by atoms with van der Waals surface area (Å²) in [5.74, 6) is 0.323. The Morgan fingerprint density at radius 1 is 1.07 bits per heavy atom. The van der Waals surface area contributed by atoms with E-state index in [0.29, 0.717) is 19.1 Å². The first-order valence-electron chi connectivity index (χ1n) is 9.84. The van der Waals surface area contributed by atoms with Gasteiger partial charge in [0.1, 0.15) is 0 Å². The van der Waals surface area contributed by atoms with E-state index >= 15 is 0 Å². The van der Waals surface area contributed by atoms with E-state index in [0.717, 1.165) is 36.2 Å². The van der Waals surface area contributed by atoms with Crippen LogP contribution in [-0.4, -0.2) is 30.6 Å². The molecule has 27 heavy (non-hydrogen) atoms. The van der Waals surface area contributed by atoms with Gasteiger partial charge in [0.15, 0.2) is 0 Å². The van der Waals surface area contributed by atoms with E-state index in [1.54, 1.807) is 0 Å². The number of hydrogen-bond acceptors (Lipinski definition) is 3. The van der Waals surface area contributed by atoms with Crippen LogP contribution in [0.25, 0.3) is 5.57 Å². The summed E-state index contributed by atoms with van der Waals surface area (Å²) in [6.45, 7) is 9.08. The SMILES string of the molecule is CCOC(=O)C1=C(c2ccc(C(C)C)cc2)CCN(Cc2ccccc2)C1. The molecule has 3 heteroatoms. The number of ether oxygens (including phenoxy) is 1. The average Bonchev–Trinajstić information content (AvgIpc) is 2.69. The van der Waals surface area contributed by atoms with Crippen molar-refractivity contribution in [2.75, 3.05) is 19.7 Å². The van der Waals surface area contributed by atoms with Crippen LogP contribution in [0, 0.1) is 0 Å². The van der Waals surface area contributed by atoms with Crippen molar-refractivity contribution in [3.8, 4) is 0 Å². The minimum Gasteiger partial charge on any atom is -0.463 e. The fourth-order valence-corrected chi connectivity index (χ4v) is 3.59. The largest absolute Gasteiger partial charge is 0.463 e. The highest BCUT2D eigenvalue weighted by molar-refractivity contribution is 5.98. The third-order valence-corrected chi connectivity index (χ3v) is 5.12. The Kier molecular flexibility index (Phi) is 6.46. The Bertz CT molecular complexity index is 791. The van der Waals surface area contributed by atoms with Crippen LogP contribution in [0.4, 0.5) is 0 Å². The van der Waals surface area contributed by atoms with Crippen LogP contribution in [0.5, 0.6) is 0 Å². The maximum Gasteiger partial charge on any atom is 0.335 e.